The molecule has 1 fully saturated rings. The Balaban J connectivity index is 2.13. The van der Waals surface area contributed by atoms with Gasteiger partial charge in [0.25, 0.3) is 0 Å². The van der Waals surface area contributed by atoms with Crippen molar-refractivity contribution in [1.82, 2.24) is 10.7 Å². The lowest BCUT2D eigenvalue weighted by atomic mass is 10.4. The number of amides is 2. The van der Waals surface area contributed by atoms with E-state index in [0.717, 1.165) is 12.8 Å². The highest BCUT2D eigenvalue weighted by atomic mass is 16.2. The van der Waals surface area contributed by atoms with Crippen molar-refractivity contribution in [3.05, 3.63) is 0 Å². The fourth-order valence-corrected chi connectivity index (χ4v) is 0.705. The summed E-state index contributed by atoms with van der Waals surface area (Å²) in [6, 6.07) is 0. The molecule has 5 nitrogen and oxygen atoms in total. The lowest BCUT2D eigenvalue weighted by Gasteiger charge is -2.00. The quantitative estimate of drug-likeness (QED) is 0.197. The van der Waals surface area contributed by atoms with E-state index >= 15 is 0 Å². The van der Waals surface area contributed by atoms with Crippen LogP contribution in [0, 0.1) is 5.92 Å². The second-order valence-electron chi connectivity index (χ2n) is 2.63. The third kappa shape index (κ3) is 2.55. The van der Waals surface area contributed by atoms with Crippen LogP contribution in [0.1, 0.15) is 12.8 Å². The first-order valence-electron chi connectivity index (χ1n) is 3.53. The molecule has 4 N–H and O–H groups in total. The van der Waals surface area contributed by atoms with Crippen LogP contribution in [0.5, 0.6) is 0 Å². The minimum atomic E-state index is -0.786. The molecule has 0 aliphatic heterocycles. The minimum Gasteiger partial charge on any atom is -0.348 e. The van der Waals surface area contributed by atoms with Crippen LogP contribution in [-0.4, -0.2) is 18.4 Å². The summed E-state index contributed by atoms with van der Waals surface area (Å²) in [7, 11) is 0. The summed E-state index contributed by atoms with van der Waals surface area (Å²) in [6.45, 7) is 0.590. The van der Waals surface area contributed by atoms with Crippen molar-refractivity contribution in [3.8, 4) is 0 Å². The number of hydrogen-bond acceptors (Lipinski definition) is 3. The van der Waals surface area contributed by atoms with E-state index < -0.39 is 11.8 Å². The summed E-state index contributed by atoms with van der Waals surface area (Å²) in [5, 5.41) is 2.46. The SMILES string of the molecule is NNC(=O)C(=O)NCC1CC1. The topological polar surface area (TPSA) is 84.2 Å². The van der Waals surface area contributed by atoms with Gasteiger partial charge in [0.2, 0.25) is 0 Å². The molecule has 0 radical (unpaired) electrons. The van der Waals surface area contributed by atoms with E-state index in [1.165, 1.54) is 0 Å². The third-order valence-electron chi connectivity index (χ3n) is 1.59. The van der Waals surface area contributed by atoms with Gasteiger partial charge in [0.1, 0.15) is 0 Å². The van der Waals surface area contributed by atoms with Crippen LogP contribution in [0.25, 0.3) is 0 Å². The maximum Gasteiger partial charge on any atom is 0.323 e. The standard InChI is InChI=1S/C6H11N3O2/c7-9-6(11)5(10)8-3-4-1-2-4/h4H,1-3,7H2,(H,8,10)(H,9,11). The number of hydrogen-bond donors (Lipinski definition) is 3. The molecule has 62 valence electrons. The molecule has 0 bridgehead atoms. The molecule has 2 amide bonds. The minimum absolute atomic E-state index is 0.574. The summed E-state index contributed by atoms with van der Waals surface area (Å²) in [6.07, 6.45) is 2.29. The smallest absolute Gasteiger partial charge is 0.323 e. The van der Waals surface area contributed by atoms with E-state index in [4.69, 9.17) is 5.84 Å². The maximum absolute atomic E-state index is 10.7. The Labute approximate surface area is 64.3 Å². The van der Waals surface area contributed by atoms with E-state index in [1.54, 1.807) is 5.43 Å². The van der Waals surface area contributed by atoms with E-state index in [0.29, 0.717) is 12.5 Å². The molecule has 1 rings (SSSR count). The summed E-state index contributed by atoms with van der Waals surface area (Å²) in [5.74, 6) is 3.87. The zero-order valence-electron chi connectivity index (χ0n) is 6.09. The van der Waals surface area contributed by atoms with Crippen molar-refractivity contribution in [2.45, 2.75) is 12.8 Å². The Bertz CT molecular complexity index is 177. The molecule has 11 heavy (non-hydrogen) atoms. The molecule has 1 saturated carbocycles. The Hall–Kier alpha value is -1.10. The molecule has 0 heterocycles. The van der Waals surface area contributed by atoms with E-state index in [9.17, 15) is 9.59 Å². The van der Waals surface area contributed by atoms with Crippen LogP contribution in [-0.2, 0) is 9.59 Å². The first-order chi connectivity index (χ1) is 5.24. The predicted octanol–water partition coefficient (Wildman–Crippen LogP) is -1.50. The monoisotopic (exact) mass is 157 g/mol. The number of nitrogens with one attached hydrogen (secondary N) is 2. The average Bonchev–Trinajstić information content (AvgIpc) is 2.81. The molecule has 5 heteroatoms. The third-order valence-corrected chi connectivity index (χ3v) is 1.59. The summed E-state index contributed by atoms with van der Waals surface area (Å²) < 4.78 is 0. The Morgan fingerprint density at radius 2 is 2.00 bits per heavy atom. The van der Waals surface area contributed by atoms with Gasteiger partial charge in [-0.3, -0.25) is 15.0 Å². The van der Waals surface area contributed by atoms with Crippen molar-refractivity contribution < 1.29 is 9.59 Å². The Morgan fingerprint density at radius 3 is 2.45 bits per heavy atom. The van der Waals surface area contributed by atoms with Crippen LogP contribution >= 0.6 is 0 Å². The Morgan fingerprint density at radius 1 is 1.36 bits per heavy atom. The second kappa shape index (κ2) is 3.34. The van der Waals surface area contributed by atoms with Gasteiger partial charge >= 0.3 is 11.8 Å². The normalized spacial score (nSPS) is 15.7. The molecule has 0 aromatic rings. The van der Waals surface area contributed by atoms with Crippen LogP contribution in [0.2, 0.25) is 0 Å². The van der Waals surface area contributed by atoms with Crippen molar-refractivity contribution in [2.24, 2.45) is 11.8 Å². The number of carbonyl (C=O) groups excluding carboxylic acids is 2. The van der Waals surface area contributed by atoms with Crippen molar-refractivity contribution in [1.29, 1.82) is 0 Å². The molecule has 1 aliphatic rings. The molecule has 0 spiro atoms. The van der Waals surface area contributed by atoms with Crippen LogP contribution in [0.15, 0.2) is 0 Å². The van der Waals surface area contributed by atoms with Gasteiger partial charge in [-0.1, -0.05) is 0 Å². The fourth-order valence-electron chi connectivity index (χ4n) is 0.705. The van der Waals surface area contributed by atoms with E-state index in [-0.39, 0.29) is 0 Å². The van der Waals surface area contributed by atoms with Crippen LogP contribution < -0.4 is 16.6 Å². The lowest BCUT2D eigenvalue weighted by molar-refractivity contribution is -0.139. The zero-order valence-corrected chi connectivity index (χ0v) is 6.09. The molecule has 0 atom stereocenters. The van der Waals surface area contributed by atoms with Gasteiger partial charge < -0.3 is 5.32 Å². The maximum atomic E-state index is 10.7. The van der Waals surface area contributed by atoms with Gasteiger partial charge in [-0.15, -0.1) is 0 Å². The van der Waals surface area contributed by atoms with E-state index in [1.807, 2.05) is 0 Å². The lowest BCUT2D eigenvalue weighted by Crippen LogP contribution is -2.43. The number of hydrazine groups is 1. The molecule has 0 aromatic carbocycles. The van der Waals surface area contributed by atoms with Gasteiger partial charge in [-0.05, 0) is 18.8 Å². The highest BCUT2D eigenvalue weighted by Gasteiger charge is 2.22. The molecular weight excluding hydrogens is 146 g/mol. The average molecular weight is 157 g/mol. The molecule has 1 aliphatic carbocycles. The molecular formula is C6H11N3O2. The summed E-state index contributed by atoms with van der Waals surface area (Å²) in [5.41, 5.74) is 1.76. The largest absolute Gasteiger partial charge is 0.348 e. The van der Waals surface area contributed by atoms with Crippen molar-refractivity contribution in [3.63, 3.8) is 0 Å². The van der Waals surface area contributed by atoms with E-state index in [2.05, 4.69) is 5.32 Å². The first kappa shape index (κ1) is 8.00. The zero-order chi connectivity index (χ0) is 8.27. The molecule has 0 saturated heterocycles. The van der Waals surface area contributed by atoms with Gasteiger partial charge in [0.05, 0.1) is 0 Å². The second-order valence-corrected chi connectivity index (χ2v) is 2.63. The Kier molecular flexibility index (Phi) is 2.43. The fraction of sp³-hybridized carbons (Fsp3) is 0.667. The van der Waals surface area contributed by atoms with Gasteiger partial charge in [0, 0.05) is 6.54 Å². The van der Waals surface area contributed by atoms with Crippen LogP contribution in [0.3, 0.4) is 0 Å². The van der Waals surface area contributed by atoms with Gasteiger partial charge in [-0.2, -0.15) is 0 Å². The molecule has 0 unspecified atom stereocenters. The number of nitrogens with two attached hydrogens (primary N) is 1. The number of rotatable bonds is 2. The van der Waals surface area contributed by atoms with Crippen molar-refractivity contribution >= 4 is 11.8 Å². The summed E-state index contributed by atoms with van der Waals surface area (Å²) >= 11 is 0. The molecule has 0 aromatic heterocycles. The van der Waals surface area contributed by atoms with Gasteiger partial charge in [0.15, 0.2) is 0 Å². The van der Waals surface area contributed by atoms with Gasteiger partial charge in [-0.25, -0.2) is 5.84 Å². The predicted molar refractivity (Wildman–Crippen MR) is 38.1 cm³/mol. The van der Waals surface area contributed by atoms with Crippen molar-refractivity contribution in [2.75, 3.05) is 6.54 Å². The highest BCUT2D eigenvalue weighted by Crippen LogP contribution is 2.27. The highest BCUT2D eigenvalue weighted by molar-refractivity contribution is 6.34. The first-order valence-corrected chi connectivity index (χ1v) is 3.53. The van der Waals surface area contributed by atoms with Crippen LogP contribution in [0.4, 0.5) is 0 Å². The summed E-state index contributed by atoms with van der Waals surface area (Å²) in [4.78, 5) is 21.2. The number of carbonyl (C=O) groups is 2.